The summed E-state index contributed by atoms with van der Waals surface area (Å²) >= 11 is 0. The molecule has 1 aliphatic rings. The van der Waals surface area contributed by atoms with E-state index >= 15 is 0 Å². The molecule has 0 radical (unpaired) electrons. The standard InChI is InChI=1S/C18H14F2N4O/c19-18(20)12-17(18,13-4-2-1-3-5-13)16(25)22-15-8-11-24(23-15)14-6-9-21-10-7-14/h1-11H,12H2,(H,22,23,25)/t17-/m0/s1. The van der Waals surface area contributed by atoms with E-state index < -0.39 is 23.7 Å². The molecule has 1 N–H and O–H groups in total. The Bertz CT molecular complexity index is 911. The largest absolute Gasteiger partial charge is 0.308 e. The molecule has 0 unspecified atom stereocenters. The van der Waals surface area contributed by atoms with E-state index in [9.17, 15) is 13.6 Å². The van der Waals surface area contributed by atoms with Crippen LogP contribution in [0.25, 0.3) is 5.69 Å². The molecule has 4 rings (SSSR count). The molecule has 0 saturated heterocycles. The molecule has 0 bridgehead atoms. The summed E-state index contributed by atoms with van der Waals surface area (Å²) in [5.41, 5.74) is -0.759. The molecule has 3 aromatic rings. The second-order valence-electron chi connectivity index (χ2n) is 5.96. The van der Waals surface area contributed by atoms with Crippen LogP contribution in [-0.2, 0) is 10.2 Å². The summed E-state index contributed by atoms with van der Waals surface area (Å²) in [5.74, 6) is -3.59. The Hall–Kier alpha value is -3.09. The van der Waals surface area contributed by atoms with Crippen LogP contribution >= 0.6 is 0 Å². The van der Waals surface area contributed by atoms with Crippen LogP contribution in [0.3, 0.4) is 0 Å². The normalized spacial score (nSPS) is 20.9. The first kappa shape index (κ1) is 15.4. The van der Waals surface area contributed by atoms with E-state index in [-0.39, 0.29) is 5.82 Å². The molecule has 1 aliphatic carbocycles. The summed E-state index contributed by atoms with van der Waals surface area (Å²) in [6.45, 7) is 0. The molecule has 1 atom stereocenters. The van der Waals surface area contributed by atoms with E-state index in [1.54, 1.807) is 67.1 Å². The third-order valence-corrected chi connectivity index (χ3v) is 4.40. The van der Waals surface area contributed by atoms with Gasteiger partial charge in [0.25, 0.3) is 5.92 Å². The van der Waals surface area contributed by atoms with E-state index in [0.717, 1.165) is 5.69 Å². The fourth-order valence-corrected chi connectivity index (χ4v) is 2.96. The number of hydrogen-bond acceptors (Lipinski definition) is 3. The van der Waals surface area contributed by atoms with Crippen molar-refractivity contribution < 1.29 is 13.6 Å². The van der Waals surface area contributed by atoms with Crippen molar-refractivity contribution in [2.45, 2.75) is 17.8 Å². The smallest absolute Gasteiger partial charge is 0.268 e. The zero-order valence-corrected chi connectivity index (χ0v) is 13.1. The van der Waals surface area contributed by atoms with Gasteiger partial charge in [0.15, 0.2) is 5.82 Å². The summed E-state index contributed by atoms with van der Waals surface area (Å²) in [6.07, 6.45) is 4.38. The van der Waals surface area contributed by atoms with Crippen molar-refractivity contribution in [3.8, 4) is 5.69 Å². The Labute approximate surface area is 142 Å². The maximum absolute atomic E-state index is 14.1. The summed E-state index contributed by atoms with van der Waals surface area (Å²) in [4.78, 5) is 16.5. The lowest BCUT2D eigenvalue weighted by molar-refractivity contribution is -0.121. The molecule has 1 fully saturated rings. The van der Waals surface area contributed by atoms with E-state index in [1.165, 1.54) is 4.68 Å². The fraction of sp³-hybridized carbons (Fsp3) is 0.167. The van der Waals surface area contributed by atoms with Gasteiger partial charge in [0, 0.05) is 31.1 Å². The first-order valence-corrected chi connectivity index (χ1v) is 7.74. The van der Waals surface area contributed by atoms with Crippen molar-refractivity contribution >= 4 is 11.7 Å². The molecular weight excluding hydrogens is 326 g/mol. The molecule has 2 heterocycles. The van der Waals surface area contributed by atoms with E-state index in [0.29, 0.717) is 5.56 Å². The number of halogens is 2. The highest BCUT2D eigenvalue weighted by atomic mass is 19.3. The van der Waals surface area contributed by atoms with Crippen molar-refractivity contribution in [3.63, 3.8) is 0 Å². The Morgan fingerprint density at radius 2 is 1.76 bits per heavy atom. The zero-order chi connectivity index (χ0) is 17.5. The maximum atomic E-state index is 14.1. The molecule has 25 heavy (non-hydrogen) atoms. The molecule has 126 valence electrons. The molecule has 7 heteroatoms. The van der Waals surface area contributed by atoms with Gasteiger partial charge in [-0.15, -0.1) is 0 Å². The number of rotatable bonds is 4. The number of anilines is 1. The maximum Gasteiger partial charge on any atom is 0.268 e. The second kappa shape index (κ2) is 5.47. The summed E-state index contributed by atoms with van der Waals surface area (Å²) in [6, 6.07) is 13.2. The van der Waals surface area contributed by atoms with Crippen LogP contribution in [-0.4, -0.2) is 26.6 Å². The van der Waals surface area contributed by atoms with Gasteiger partial charge in [0.05, 0.1) is 5.69 Å². The van der Waals surface area contributed by atoms with Crippen molar-refractivity contribution in [1.29, 1.82) is 0 Å². The third-order valence-electron chi connectivity index (χ3n) is 4.40. The highest BCUT2D eigenvalue weighted by molar-refractivity contribution is 6.02. The number of carbonyl (C=O) groups is 1. The van der Waals surface area contributed by atoms with Gasteiger partial charge in [-0.2, -0.15) is 5.10 Å². The SMILES string of the molecule is O=C(Nc1ccn(-c2ccncc2)n1)[C@@]1(c2ccccc2)CC1(F)F. The average molecular weight is 340 g/mol. The average Bonchev–Trinajstić information content (AvgIpc) is 2.98. The van der Waals surface area contributed by atoms with Gasteiger partial charge in [-0.05, 0) is 17.7 Å². The van der Waals surface area contributed by atoms with Crippen LogP contribution in [0.1, 0.15) is 12.0 Å². The van der Waals surface area contributed by atoms with Crippen LogP contribution in [0.2, 0.25) is 0 Å². The lowest BCUT2D eigenvalue weighted by Gasteiger charge is -2.15. The zero-order valence-electron chi connectivity index (χ0n) is 13.1. The molecule has 5 nitrogen and oxygen atoms in total. The first-order valence-electron chi connectivity index (χ1n) is 7.74. The number of pyridine rings is 1. The molecule has 1 amide bonds. The second-order valence-corrected chi connectivity index (χ2v) is 5.96. The number of benzene rings is 1. The number of alkyl halides is 2. The van der Waals surface area contributed by atoms with Crippen LogP contribution in [0, 0.1) is 0 Å². The Balaban J connectivity index is 1.59. The highest BCUT2D eigenvalue weighted by Gasteiger charge is 2.76. The number of nitrogens with one attached hydrogen (secondary N) is 1. The summed E-state index contributed by atoms with van der Waals surface area (Å²) < 4.78 is 29.7. The fourth-order valence-electron chi connectivity index (χ4n) is 2.96. The van der Waals surface area contributed by atoms with Crippen molar-refractivity contribution in [1.82, 2.24) is 14.8 Å². The number of nitrogens with zero attached hydrogens (tertiary/aromatic N) is 3. The lowest BCUT2D eigenvalue weighted by Crippen LogP contribution is -2.33. The van der Waals surface area contributed by atoms with Crippen LogP contribution in [0.5, 0.6) is 0 Å². The van der Waals surface area contributed by atoms with Gasteiger partial charge in [-0.25, -0.2) is 13.5 Å². The molecular formula is C18H14F2N4O. The van der Waals surface area contributed by atoms with Gasteiger partial charge in [0.2, 0.25) is 5.91 Å². The van der Waals surface area contributed by atoms with Gasteiger partial charge >= 0.3 is 0 Å². The van der Waals surface area contributed by atoms with Crippen molar-refractivity contribution in [3.05, 3.63) is 72.7 Å². The monoisotopic (exact) mass is 340 g/mol. The van der Waals surface area contributed by atoms with Gasteiger partial charge in [-0.3, -0.25) is 9.78 Å². The minimum absolute atomic E-state index is 0.222. The molecule has 1 aromatic carbocycles. The number of hydrogen-bond donors (Lipinski definition) is 1. The van der Waals surface area contributed by atoms with E-state index in [4.69, 9.17) is 0 Å². The molecule has 0 spiro atoms. The highest BCUT2D eigenvalue weighted by Crippen LogP contribution is 2.62. The molecule has 1 saturated carbocycles. The van der Waals surface area contributed by atoms with Crippen LogP contribution in [0.4, 0.5) is 14.6 Å². The minimum atomic E-state index is -3.06. The minimum Gasteiger partial charge on any atom is -0.308 e. The molecule has 2 aromatic heterocycles. The van der Waals surface area contributed by atoms with Gasteiger partial charge in [-0.1, -0.05) is 30.3 Å². The number of amides is 1. The Kier molecular flexibility index (Phi) is 3.38. The van der Waals surface area contributed by atoms with Gasteiger partial charge in [0.1, 0.15) is 5.41 Å². The molecule has 0 aliphatic heterocycles. The topological polar surface area (TPSA) is 59.8 Å². The van der Waals surface area contributed by atoms with Crippen LogP contribution < -0.4 is 5.32 Å². The Morgan fingerprint density at radius 3 is 2.40 bits per heavy atom. The summed E-state index contributed by atoms with van der Waals surface area (Å²) in [7, 11) is 0. The quantitative estimate of drug-likeness (QED) is 0.793. The predicted molar refractivity (Wildman–Crippen MR) is 87.7 cm³/mol. The Morgan fingerprint density at radius 1 is 1.08 bits per heavy atom. The number of carbonyl (C=O) groups excluding carboxylic acids is 1. The van der Waals surface area contributed by atoms with E-state index in [2.05, 4.69) is 15.4 Å². The summed E-state index contributed by atoms with van der Waals surface area (Å²) in [5, 5.41) is 6.74. The predicted octanol–water partition coefficient (Wildman–Crippen LogP) is 3.18. The van der Waals surface area contributed by atoms with Gasteiger partial charge < -0.3 is 5.32 Å². The third kappa shape index (κ3) is 2.48. The van der Waals surface area contributed by atoms with E-state index in [1.807, 2.05) is 0 Å². The van der Waals surface area contributed by atoms with Crippen LogP contribution in [0.15, 0.2) is 67.1 Å². The number of aromatic nitrogens is 3. The van der Waals surface area contributed by atoms with Crippen molar-refractivity contribution in [2.24, 2.45) is 0 Å². The lowest BCUT2D eigenvalue weighted by atomic mass is 9.94. The van der Waals surface area contributed by atoms with Crippen molar-refractivity contribution in [2.75, 3.05) is 5.32 Å². The first-order chi connectivity index (χ1) is 12.0.